The molecule has 0 bridgehead atoms. The normalized spacial score (nSPS) is 14.5. The van der Waals surface area contributed by atoms with E-state index < -0.39 is 0 Å². The molecular weight excluding hydrogens is 376 g/mol. The van der Waals surface area contributed by atoms with Crippen LogP contribution in [0.3, 0.4) is 0 Å². The second kappa shape index (κ2) is 12.2. The summed E-state index contributed by atoms with van der Waals surface area (Å²) < 4.78 is 5.87. The van der Waals surface area contributed by atoms with E-state index in [-0.39, 0.29) is 5.97 Å². The van der Waals surface area contributed by atoms with Crippen molar-refractivity contribution in [2.24, 2.45) is 0 Å². The molecule has 0 atom stereocenters. The van der Waals surface area contributed by atoms with Crippen LogP contribution < -0.4 is 9.64 Å². The van der Waals surface area contributed by atoms with Gasteiger partial charge in [-0.3, -0.25) is 0 Å². The first-order chi connectivity index (χ1) is 14.8. The zero-order valence-electron chi connectivity index (χ0n) is 18.1. The molecule has 0 aliphatic carbocycles. The second-order valence-corrected chi connectivity index (χ2v) is 7.77. The molecule has 1 aliphatic rings. The van der Waals surface area contributed by atoms with Crippen LogP contribution in [0, 0.1) is 0 Å². The Morgan fingerprint density at radius 2 is 1.50 bits per heavy atom. The third-order valence-corrected chi connectivity index (χ3v) is 5.43. The molecule has 0 unspecified atom stereocenters. The van der Waals surface area contributed by atoms with E-state index in [0.717, 1.165) is 31.9 Å². The van der Waals surface area contributed by atoms with Crippen LogP contribution in [0.2, 0.25) is 0 Å². The molecule has 0 radical (unpaired) electrons. The van der Waals surface area contributed by atoms with Crippen molar-refractivity contribution in [1.29, 1.82) is 0 Å². The van der Waals surface area contributed by atoms with E-state index in [9.17, 15) is 4.79 Å². The van der Waals surface area contributed by atoms with Gasteiger partial charge in [-0.1, -0.05) is 57.2 Å². The number of rotatable bonds is 11. The Balaban J connectivity index is 1.36. The van der Waals surface area contributed by atoms with Crippen LogP contribution in [-0.2, 0) is 4.84 Å². The predicted molar refractivity (Wildman–Crippen MR) is 121 cm³/mol. The minimum absolute atomic E-state index is 0.295. The third-order valence-electron chi connectivity index (χ3n) is 5.43. The van der Waals surface area contributed by atoms with Crippen LogP contribution in [-0.4, -0.2) is 43.8 Å². The third kappa shape index (κ3) is 7.06. The van der Waals surface area contributed by atoms with E-state index in [4.69, 9.17) is 9.57 Å². The molecule has 0 spiro atoms. The monoisotopic (exact) mass is 410 g/mol. The largest absolute Gasteiger partial charge is 0.494 e. The molecule has 0 amide bonds. The fraction of sp³-hybridized carbons (Fsp3) is 0.480. The van der Waals surface area contributed by atoms with Gasteiger partial charge in [0.25, 0.3) is 0 Å². The summed E-state index contributed by atoms with van der Waals surface area (Å²) in [6, 6.07) is 17.4. The SMILES string of the molecule is CCCCCCCCOc1ccc(N2CCN(OC(=O)c3ccccc3)CC2)cc1. The summed E-state index contributed by atoms with van der Waals surface area (Å²) in [5.74, 6) is 0.638. The highest BCUT2D eigenvalue weighted by Gasteiger charge is 2.21. The Hall–Kier alpha value is -2.53. The van der Waals surface area contributed by atoms with Crippen molar-refractivity contribution in [2.45, 2.75) is 45.4 Å². The number of benzene rings is 2. The van der Waals surface area contributed by atoms with Gasteiger partial charge in [0.2, 0.25) is 0 Å². The first kappa shape index (κ1) is 22.2. The predicted octanol–water partition coefficient (Wildman–Crippen LogP) is 5.32. The number of carbonyl (C=O) groups is 1. The number of piperazine rings is 1. The standard InChI is InChI=1S/C25H34N2O3/c1-2-3-4-5-6-10-21-29-24-15-13-23(14-16-24)26-17-19-27(20-18-26)30-25(28)22-11-8-7-9-12-22/h7-9,11-16H,2-6,10,17-21H2,1H3. The van der Waals surface area contributed by atoms with E-state index in [2.05, 4.69) is 24.0 Å². The minimum atomic E-state index is -0.295. The maximum Gasteiger partial charge on any atom is 0.357 e. The van der Waals surface area contributed by atoms with E-state index in [1.54, 1.807) is 17.2 Å². The summed E-state index contributed by atoms with van der Waals surface area (Å²) in [5, 5.41) is 1.75. The van der Waals surface area contributed by atoms with E-state index in [1.165, 1.54) is 37.8 Å². The van der Waals surface area contributed by atoms with Crippen molar-refractivity contribution < 1.29 is 14.4 Å². The number of hydrogen-bond donors (Lipinski definition) is 0. The zero-order valence-corrected chi connectivity index (χ0v) is 18.1. The number of hydroxylamine groups is 2. The summed E-state index contributed by atoms with van der Waals surface area (Å²) in [7, 11) is 0. The molecule has 162 valence electrons. The Labute approximate surface area is 180 Å². The number of carbonyl (C=O) groups excluding carboxylic acids is 1. The van der Waals surface area contributed by atoms with Gasteiger partial charge < -0.3 is 14.5 Å². The van der Waals surface area contributed by atoms with Gasteiger partial charge in [0.1, 0.15) is 5.75 Å². The summed E-state index contributed by atoms with van der Waals surface area (Å²) in [6.07, 6.45) is 7.64. The molecule has 1 heterocycles. The Kier molecular flexibility index (Phi) is 9.04. The quantitative estimate of drug-likeness (QED) is 0.469. The molecule has 1 fully saturated rings. The van der Waals surface area contributed by atoms with Gasteiger partial charge >= 0.3 is 5.97 Å². The summed E-state index contributed by atoms with van der Waals surface area (Å²) in [4.78, 5) is 20.0. The molecule has 2 aromatic rings. The number of unbranched alkanes of at least 4 members (excludes halogenated alkanes) is 5. The van der Waals surface area contributed by atoms with Gasteiger partial charge in [0.05, 0.1) is 25.3 Å². The molecule has 1 aliphatic heterocycles. The number of anilines is 1. The summed E-state index contributed by atoms with van der Waals surface area (Å²) >= 11 is 0. The lowest BCUT2D eigenvalue weighted by Gasteiger charge is -2.34. The van der Waals surface area contributed by atoms with Gasteiger partial charge in [0, 0.05) is 18.8 Å². The molecule has 1 saturated heterocycles. The highest BCUT2D eigenvalue weighted by molar-refractivity contribution is 5.89. The van der Waals surface area contributed by atoms with Crippen LogP contribution in [0.15, 0.2) is 54.6 Å². The maximum absolute atomic E-state index is 12.2. The van der Waals surface area contributed by atoms with Crippen molar-refractivity contribution in [3.05, 3.63) is 60.2 Å². The Morgan fingerprint density at radius 1 is 0.833 bits per heavy atom. The first-order valence-corrected chi connectivity index (χ1v) is 11.3. The van der Waals surface area contributed by atoms with Crippen LogP contribution in [0.5, 0.6) is 5.75 Å². The maximum atomic E-state index is 12.2. The molecule has 30 heavy (non-hydrogen) atoms. The van der Waals surface area contributed by atoms with Crippen LogP contribution in [0.25, 0.3) is 0 Å². The fourth-order valence-electron chi connectivity index (χ4n) is 3.61. The van der Waals surface area contributed by atoms with Crippen molar-refractivity contribution in [3.8, 4) is 5.75 Å². The van der Waals surface area contributed by atoms with Gasteiger partial charge in [-0.15, -0.1) is 5.06 Å². The lowest BCUT2D eigenvalue weighted by atomic mass is 10.1. The van der Waals surface area contributed by atoms with Gasteiger partial charge in [-0.05, 0) is 42.8 Å². The van der Waals surface area contributed by atoms with Crippen LogP contribution >= 0.6 is 0 Å². The average molecular weight is 411 g/mol. The van der Waals surface area contributed by atoms with E-state index >= 15 is 0 Å². The molecular formula is C25H34N2O3. The van der Waals surface area contributed by atoms with Crippen molar-refractivity contribution in [3.63, 3.8) is 0 Å². The van der Waals surface area contributed by atoms with Crippen molar-refractivity contribution >= 4 is 11.7 Å². The molecule has 3 rings (SSSR count). The number of nitrogens with zero attached hydrogens (tertiary/aromatic N) is 2. The van der Waals surface area contributed by atoms with Gasteiger partial charge in [-0.25, -0.2) is 4.79 Å². The average Bonchev–Trinajstić information content (AvgIpc) is 2.80. The molecule has 0 saturated carbocycles. The Bertz CT molecular complexity index is 741. The van der Waals surface area contributed by atoms with Crippen molar-refractivity contribution in [1.82, 2.24) is 5.06 Å². The van der Waals surface area contributed by atoms with E-state index in [1.807, 2.05) is 30.3 Å². The molecule has 0 N–H and O–H groups in total. The number of ether oxygens (including phenoxy) is 1. The van der Waals surface area contributed by atoms with Gasteiger partial charge in [-0.2, -0.15) is 0 Å². The van der Waals surface area contributed by atoms with E-state index in [0.29, 0.717) is 18.7 Å². The first-order valence-electron chi connectivity index (χ1n) is 11.3. The van der Waals surface area contributed by atoms with Crippen LogP contribution in [0.1, 0.15) is 55.8 Å². The highest BCUT2D eigenvalue weighted by Crippen LogP contribution is 2.21. The highest BCUT2D eigenvalue weighted by atomic mass is 16.7. The minimum Gasteiger partial charge on any atom is -0.494 e. The fourth-order valence-corrected chi connectivity index (χ4v) is 3.61. The smallest absolute Gasteiger partial charge is 0.357 e. The molecule has 2 aromatic carbocycles. The molecule has 5 nitrogen and oxygen atoms in total. The molecule has 0 aromatic heterocycles. The summed E-state index contributed by atoms with van der Waals surface area (Å²) in [5.41, 5.74) is 1.76. The van der Waals surface area contributed by atoms with Crippen LogP contribution in [0.4, 0.5) is 5.69 Å². The zero-order chi connectivity index (χ0) is 21.0. The molecule has 5 heteroatoms. The van der Waals surface area contributed by atoms with Crippen molar-refractivity contribution in [2.75, 3.05) is 37.7 Å². The second-order valence-electron chi connectivity index (χ2n) is 7.77. The lowest BCUT2D eigenvalue weighted by molar-refractivity contribution is -0.112. The van der Waals surface area contributed by atoms with Gasteiger partial charge in [0.15, 0.2) is 0 Å². The summed E-state index contributed by atoms with van der Waals surface area (Å²) in [6.45, 7) is 6.05. The lowest BCUT2D eigenvalue weighted by Crippen LogP contribution is -2.47. The number of hydrogen-bond acceptors (Lipinski definition) is 5. The topological polar surface area (TPSA) is 42.0 Å². The Morgan fingerprint density at radius 3 is 2.20 bits per heavy atom.